The van der Waals surface area contributed by atoms with E-state index in [-0.39, 0.29) is 17.5 Å². The molecular weight excluding hydrogens is 394 g/mol. The Morgan fingerprint density at radius 2 is 1.68 bits per heavy atom. The minimum absolute atomic E-state index is 0.198. The number of carbonyl (C=O) groups is 1. The number of nitrogens with one attached hydrogen (secondary N) is 2. The predicted molar refractivity (Wildman–Crippen MR) is 120 cm³/mol. The molecule has 3 aromatic carbocycles. The van der Waals surface area contributed by atoms with Crippen LogP contribution in [0.2, 0.25) is 0 Å². The highest BCUT2D eigenvalue weighted by Gasteiger charge is 2.14. The Hall–Kier alpha value is -3.47. The number of benzene rings is 3. The Kier molecular flexibility index (Phi) is 5.59. The zero-order chi connectivity index (χ0) is 22.1. The van der Waals surface area contributed by atoms with Crippen LogP contribution in [0.25, 0.3) is 22.0 Å². The second kappa shape index (κ2) is 8.34. The van der Waals surface area contributed by atoms with Crippen molar-refractivity contribution in [3.8, 4) is 11.1 Å². The Labute approximate surface area is 180 Å². The first-order chi connectivity index (χ1) is 14.8. The minimum Gasteiger partial charge on any atom is -0.356 e. The highest BCUT2D eigenvalue weighted by molar-refractivity contribution is 5.95. The van der Waals surface area contributed by atoms with Gasteiger partial charge in [0.25, 0.3) is 5.91 Å². The van der Waals surface area contributed by atoms with Crippen molar-refractivity contribution in [3.05, 3.63) is 94.2 Å². The van der Waals surface area contributed by atoms with Gasteiger partial charge in [-0.15, -0.1) is 0 Å². The molecule has 0 fully saturated rings. The molecule has 31 heavy (non-hydrogen) atoms. The van der Waals surface area contributed by atoms with Crippen molar-refractivity contribution >= 4 is 16.8 Å². The molecule has 1 amide bonds. The number of hydrogen-bond donors (Lipinski definition) is 2. The summed E-state index contributed by atoms with van der Waals surface area (Å²) in [5.41, 5.74) is 6.03. The lowest BCUT2D eigenvalue weighted by molar-refractivity contribution is 0.0954. The Morgan fingerprint density at radius 1 is 0.935 bits per heavy atom. The molecule has 0 aliphatic heterocycles. The maximum atomic E-state index is 14.2. The number of hydrogen-bond acceptors (Lipinski definition) is 1. The topological polar surface area (TPSA) is 44.9 Å². The Morgan fingerprint density at radius 3 is 2.39 bits per heavy atom. The summed E-state index contributed by atoms with van der Waals surface area (Å²) in [6, 6.07) is 15.2. The van der Waals surface area contributed by atoms with Crippen molar-refractivity contribution < 1.29 is 13.6 Å². The molecule has 0 radical (unpaired) electrons. The van der Waals surface area contributed by atoms with Crippen molar-refractivity contribution in [2.45, 2.75) is 27.2 Å². The molecule has 1 aromatic heterocycles. The number of H-pyrrole nitrogens is 1. The van der Waals surface area contributed by atoms with E-state index in [1.807, 2.05) is 26.8 Å². The molecular formula is C26H24F2N2O. The van der Waals surface area contributed by atoms with Gasteiger partial charge in [-0.05, 0) is 73.7 Å². The lowest BCUT2D eigenvalue weighted by Crippen LogP contribution is -2.25. The summed E-state index contributed by atoms with van der Waals surface area (Å²) in [4.78, 5) is 15.7. The first-order valence-electron chi connectivity index (χ1n) is 10.3. The lowest BCUT2D eigenvalue weighted by atomic mass is 10.0. The number of aryl methyl sites for hydroxylation is 3. The molecule has 158 valence electrons. The SMILES string of the molecule is Cc1ccc(-c2ccc(C(=O)NCCc3c(C)[nH]c4c(F)ccc(C)c34)cc2)c(F)c1. The van der Waals surface area contributed by atoms with E-state index >= 15 is 0 Å². The highest BCUT2D eigenvalue weighted by Crippen LogP contribution is 2.28. The van der Waals surface area contributed by atoms with Gasteiger partial charge in [0.1, 0.15) is 11.6 Å². The summed E-state index contributed by atoms with van der Waals surface area (Å²) in [5, 5.41) is 3.81. The molecule has 0 spiro atoms. The Bertz CT molecular complexity index is 1270. The molecule has 0 bridgehead atoms. The summed E-state index contributed by atoms with van der Waals surface area (Å²) < 4.78 is 28.3. The van der Waals surface area contributed by atoms with E-state index in [1.54, 1.807) is 36.4 Å². The van der Waals surface area contributed by atoms with Gasteiger partial charge in [-0.3, -0.25) is 4.79 Å². The zero-order valence-corrected chi connectivity index (χ0v) is 17.8. The molecule has 4 rings (SSSR count). The van der Waals surface area contributed by atoms with Crippen LogP contribution in [0, 0.1) is 32.4 Å². The van der Waals surface area contributed by atoms with Crippen molar-refractivity contribution in [1.29, 1.82) is 0 Å². The van der Waals surface area contributed by atoms with E-state index < -0.39 is 0 Å². The molecule has 0 saturated carbocycles. The molecule has 0 unspecified atom stereocenters. The number of halogens is 2. The number of aromatic nitrogens is 1. The van der Waals surface area contributed by atoms with Crippen molar-refractivity contribution in [2.24, 2.45) is 0 Å². The smallest absolute Gasteiger partial charge is 0.251 e. The van der Waals surface area contributed by atoms with Gasteiger partial charge in [0.15, 0.2) is 0 Å². The van der Waals surface area contributed by atoms with E-state index in [2.05, 4.69) is 10.3 Å². The van der Waals surface area contributed by atoms with Crippen LogP contribution < -0.4 is 5.32 Å². The number of fused-ring (bicyclic) bond motifs is 1. The molecule has 5 heteroatoms. The average molecular weight is 418 g/mol. The summed E-state index contributed by atoms with van der Waals surface area (Å²) in [7, 11) is 0. The number of amides is 1. The minimum atomic E-state index is -0.280. The zero-order valence-electron chi connectivity index (χ0n) is 17.8. The van der Waals surface area contributed by atoms with Crippen LogP contribution in [0.4, 0.5) is 8.78 Å². The van der Waals surface area contributed by atoms with Gasteiger partial charge in [0, 0.05) is 28.8 Å². The largest absolute Gasteiger partial charge is 0.356 e. The first-order valence-corrected chi connectivity index (χ1v) is 10.3. The molecule has 3 nitrogen and oxygen atoms in total. The van der Waals surface area contributed by atoms with Crippen LogP contribution in [0.3, 0.4) is 0 Å². The van der Waals surface area contributed by atoms with Crippen LogP contribution in [0.5, 0.6) is 0 Å². The van der Waals surface area contributed by atoms with Crippen LogP contribution in [0.15, 0.2) is 54.6 Å². The van der Waals surface area contributed by atoms with E-state index in [1.165, 1.54) is 12.1 Å². The lowest BCUT2D eigenvalue weighted by Gasteiger charge is -2.08. The van der Waals surface area contributed by atoms with Gasteiger partial charge < -0.3 is 10.3 Å². The third-order valence-corrected chi connectivity index (χ3v) is 5.67. The Balaban J connectivity index is 1.45. The third-order valence-electron chi connectivity index (χ3n) is 5.67. The first kappa shape index (κ1) is 20.8. The van der Waals surface area contributed by atoms with Crippen LogP contribution in [-0.4, -0.2) is 17.4 Å². The third kappa shape index (κ3) is 4.08. The fraction of sp³-hybridized carbons (Fsp3) is 0.192. The van der Waals surface area contributed by atoms with Crippen molar-refractivity contribution in [2.75, 3.05) is 6.54 Å². The van der Waals surface area contributed by atoms with Crippen molar-refractivity contribution in [3.63, 3.8) is 0 Å². The van der Waals surface area contributed by atoms with E-state index in [0.29, 0.717) is 29.6 Å². The second-order valence-corrected chi connectivity index (χ2v) is 7.91. The van der Waals surface area contributed by atoms with E-state index in [0.717, 1.165) is 33.3 Å². The predicted octanol–water partition coefficient (Wildman–Crippen LogP) is 6.01. The summed E-state index contributed by atoms with van der Waals surface area (Å²) >= 11 is 0. The number of aromatic amines is 1. The maximum absolute atomic E-state index is 14.2. The van der Waals surface area contributed by atoms with E-state index in [4.69, 9.17) is 0 Å². The van der Waals surface area contributed by atoms with Gasteiger partial charge in [-0.2, -0.15) is 0 Å². The quantitative estimate of drug-likeness (QED) is 0.410. The standard InChI is InChI=1S/C26H24F2N2O/c1-15-4-10-21(23(28)14-15)18-6-8-19(9-7-18)26(31)29-13-12-20-17(3)30-25-22(27)11-5-16(2)24(20)25/h4-11,14,30H,12-13H2,1-3H3,(H,29,31). The van der Waals surface area contributed by atoms with Crippen LogP contribution in [-0.2, 0) is 6.42 Å². The normalized spacial score (nSPS) is 11.1. The fourth-order valence-corrected chi connectivity index (χ4v) is 4.01. The summed E-state index contributed by atoms with van der Waals surface area (Å²) in [6.07, 6.45) is 0.592. The van der Waals surface area contributed by atoms with Gasteiger partial charge in [0.2, 0.25) is 0 Å². The van der Waals surface area contributed by atoms with Gasteiger partial charge in [-0.1, -0.05) is 30.3 Å². The maximum Gasteiger partial charge on any atom is 0.251 e. The van der Waals surface area contributed by atoms with Gasteiger partial charge in [-0.25, -0.2) is 8.78 Å². The molecule has 0 saturated heterocycles. The molecule has 2 N–H and O–H groups in total. The molecule has 0 aliphatic rings. The fourth-order valence-electron chi connectivity index (χ4n) is 4.01. The average Bonchev–Trinajstić information content (AvgIpc) is 3.08. The molecule has 0 atom stereocenters. The van der Waals surface area contributed by atoms with Crippen LogP contribution in [0.1, 0.15) is 32.7 Å². The van der Waals surface area contributed by atoms with Crippen molar-refractivity contribution in [1.82, 2.24) is 10.3 Å². The monoisotopic (exact) mass is 418 g/mol. The van der Waals surface area contributed by atoms with E-state index in [9.17, 15) is 13.6 Å². The molecule has 0 aliphatic carbocycles. The number of carbonyl (C=O) groups excluding carboxylic acids is 1. The highest BCUT2D eigenvalue weighted by atomic mass is 19.1. The van der Waals surface area contributed by atoms with Gasteiger partial charge in [0.05, 0.1) is 5.52 Å². The summed E-state index contributed by atoms with van der Waals surface area (Å²) in [6.45, 7) is 6.14. The molecule has 1 heterocycles. The summed E-state index contributed by atoms with van der Waals surface area (Å²) in [5.74, 6) is -0.751. The number of rotatable bonds is 5. The van der Waals surface area contributed by atoms with Gasteiger partial charge >= 0.3 is 0 Å². The second-order valence-electron chi connectivity index (χ2n) is 7.91. The molecule has 4 aromatic rings. The van der Waals surface area contributed by atoms with Crippen LogP contribution >= 0.6 is 0 Å².